The maximum Gasteiger partial charge on any atom is 0.510 e. The predicted octanol–water partition coefficient (Wildman–Crippen LogP) is 2.28. The molecule has 16 nitrogen and oxygen atoms in total. The molecular formula is C22H35FN3O13P. The Balaban J connectivity index is 2.17. The second kappa shape index (κ2) is 14.7. The van der Waals surface area contributed by atoms with E-state index in [-0.39, 0.29) is 11.7 Å². The molecular weight excluding hydrogens is 564 g/mol. The summed E-state index contributed by atoms with van der Waals surface area (Å²) in [6, 6.07) is 0. The number of nitrogens with zero attached hydrogens (tertiary/aromatic N) is 2. The Hall–Kier alpha value is -2.79. The monoisotopic (exact) mass is 599 g/mol. The Morgan fingerprint density at radius 1 is 1.15 bits per heavy atom. The molecule has 2 aliphatic heterocycles. The first-order chi connectivity index (χ1) is 18.7. The quantitative estimate of drug-likeness (QED) is 0.167. The Labute approximate surface area is 230 Å². The Morgan fingerprint density at radius 3 is 2.17 bits per heavy atom. The van der Waals surface area contributed by atoms with E-state index in [1.165, 1.54) is 24.3 Å². The molecule has 2 heterocycles. The molecule has 0 aromatic heterocycles. The number of methoxy groups -OCH3 is 1. The lowest BCUT2D eigenvalue weighted by atomic mass is 9.97. The van der Waals surface area contributed by atoms with Crippen LogP contribution in [0.15, 0.2) is 29.7 Å². The minimum atomic E-state index is -4.76. The molecule has 1 saturated heterocycles. The number of hydrogen-bond acceptors (Lipinski definition) is 16. The van der Waals surface area contributed by atoms with Crippen molar-refractivity contribution in [2.45, 2.75) is 64.0 Å². The van der Waals surface area contributed by atoms with Crippen molar-refractivity contribution in [2.24, 2.45) is 10.7 Å². The molecule has 0 amide bonds. The van der Waals surface area contributed by atoms with Crippen molar-refractivity contribution in [3.05, 3.63) is 24.7 Å². The van der Waals surface area contributed by atoms with Gasteiger partial charge in [0.05, 0.1) is 25.4 Å². The van der Waals surface area contributed by atoms with E-state index < -0.39 is 83.2 Å². The van der Waals surface area contributed by atoms with Crippen LogP contribution in [-0.2, 0) is 46.6 Å². The molecule has 18 heteroatoms. The van der Waals surface area contributed by atoms with Crippen molar-refractivity contribution in [1.82, 2.24) is 4.90 Å². The summed E-state index contributed by atoms with van der Waals surface area (Å²) in [5, 5.41) is 10.8. The molecule has 0 spiro atoms. The first-order valence-corrected chi connectivity index (χ1v) is 13.4. The third-order valence-corrected chi connectivity index (χ3v) is 6.29. The second-order valence-electron chi connectivity index (χ2n) is 8.91. The summed E-state index contributed by atoms with van der Waals surface area (Å²) in [4.78, 5) is 28.4. The van der Waals surface area contributed by atoms with Gasteiger partial charge in [0.25, 0.3) is 0 Å². The molecule has 0 aromatic carbocycles. The van der Waals surface area contributed by atoms with Gasteiger partial charge in [0.1, 0.15) is 23.4 Å². The van der Waals surface area contributed by atoms with Gasteiger partial charge in [-0.2, -0.15) is 0 Å². The first-order valence-electron chi connectivity index (χ1n) is 11.9. The van der Waals surface area contributed by atoms with Crippen molar-refractivity contribution in [3.8, 4) is 0 Å². The summed E-state index contributed by atoms with van der Waals surface area (Å²) in [5.41, 5.74) is 3.66. The van der Waals surface area contributed by atoms with Crippen LogP contribution in [0.1, 0.15) is 27.7 Å². The topological polar surface area (TPSA) is 196 Å². The SMILES string of the molecule is C=C1N=C(N)C=CN1[C@@H]1O[C@](COC)(COP(=O)(OCOC(=O)OC(C)C)OCOC(=O)OC(C)C)[C@@H](O)[C@H]1F. The lowest BCUT2D eigenvalue weighted by Crippen LogP contribution is -2.49. The van der Waals surface area contributed by atoms with Crippen LogP contribution in [0.5, 0.6) is 0 Å². The number of alkyl halides is 1. The van der Waals surface area contributed by atoms with Crippen molar-refractivity contribution in [3.63, 3.8) is 0 Å². The number of hydrogen-bond donors (Lipinski definition) is 2. The van der Waals surface area contributed by atoms with Gasteiger partial charge in [0.15, 0.2) is 12.4 Å². The van der Waals surface area contributed by atoms with Crippen molar-refractivity contribution in [1.29, 1.82) is 0 Å². The van der Waals surface area contributed by atoms with E-state index in [0.29, 0.717) is 0 Å². The fourth-order valence-electron chi connectivity index (χ4n) is 3.31. The number of phosphoric acid groups is 1. The number of ether oxygens (including phenoxy) is 6. The number of carbonyl (C=O) groups excluding carboxylic acids is 2. The fraction of sp³-hybridized carbons (Fsp3) is 0.682. The maximum atomic E-state index is 15.3. The lowest BCUT2D eigenvalue weighted by Gasteiger charge is -2.33. The van der Waals surface area contributed by atoms with Gasteiger partial charge in [-0.15, -0.1) is 0 Å². The highest BCUT2D eigenvalue weighted by molar-refractivity contribution is 7.48. The smallest absolute Gasteiger partial charge is 0.432 e. The largest absolute Gasteiger partial charge is 0.510 e. The summed E-state index contributed by atoms with van der Waals surface area (Å²) in [6.45, 7) is 6.71. The van der Waals surface area contributed by atoms with Crippen LogP contribution in [0.4, 0.5) is 14.0 Å². The third-order valence-electron chi connectivity index (χ3n) is 5.00. The molecule has 3 N–H and O–H groups in total. The predicted molar refractivity (Wildman–Crippen MR) is 133 cm³/mol. The molecule has 2 rings (SSSR count). The second-order valence-corrected chi connectivity index (χ2v) is 10.6. The third kappa shape index (κ3) is 9.40. The van der Waals surface area contributed by atoms with E-state index in [4.69, 9.17) is 38.3 Å². The zero-order valence-corrected chi connectivity index (χ0v) is 23.6. The van der Waals surface area contributed by atoms with E-state index in [2.05, 4.69) is 21.0 Å². The Morgan fingerprint density at radius 2 is 1.70 bits per heavy atom. The Kier molecular flexibility index (Phi) is 12.3. The summed E-state index contributed by atoms with van der Waals surface area (Å²) < 4.78 is 73.7. The summed E-state index contributed by atoms with van der Waals surface area (Å²) >= 11 is 0. The number of aliphatic imine (C=N–C) groups is 1. The molecule has 0 saturated carbocycles. The van der Waals surface area contributed by atoms with Crippen LogP contribution in [-0.4, -0.2) is 98.4 Å². The minimum Gasteiger partial charge on any atom is -0.432 e. The number of rotatable bonds is 14. The van der Waals surface area contributed by atoms with Crippen LogP contribution >= 0.6 is 7.82 Å². The molecule has 0 aromatic rings. The minimum absolute atomic E-state index is 0.0298. The van der Waals surface area contributed by atoms with E-state index in [1.807, 2.05) is 0 Å². The summed E-state index contributed by atoms with van der Waals surface area (Å²) in [6.07, 6.45) is -6.00. The zero-order valence-electron chi connectivity index (χ0n) is 22.7. The van der Waals surface area contributed by atoms with Gasteiger partial charge in [0.2, 0.25) is 13.6 Å². The maximum absolute atomic E-state index is 15.3. The highest BCUT2D eigenvalue weighted by atomic mass is 31.2. The van der Waals surface area contributed by atoms with Crippen LogP contribution in [0, 0.1) is 0 Å². The van der Waals surface area contributed by atoms with Crippen molar-refractivity contribution in [2.75, 3.05) is 33.9 Å². The van der Waals surface area contributed by atoms with Gasteiger partial charge in [-0.1, -0.05) is 6.58 Å². The molecule has 2 aliphatic rings. The van der Waals surface area contributed by atoms with E-state index >= 15 is 4.39 Å². The molecule has 1 fully saturated rings. The van der Waals surface area contributed by atoms with Crippen LogP contribution in [0.25, 0.3) is 0 Å². The van der Waals surface area contributed by atoms with E-state index in [9.17, 15) is 19.3 Å². The number of aliphatic hydroxyl groups excluding tert-OH is 1. The molecule has 228 valence electrons. The van der Waals surface area contributed by atoms with E-state index in [1.54, 1.807) is 27.7 Å². The molecule has 4 atom stereocenters. The summed E-state index contributed by atoms with van der Waals surface area (Å²) in [5.74, 6) is 0.151. The molecule has 0 radical (unpaired) electrons. The van der Waals surface area contributed by atoms with Gasteiger partial charge in [0, 0.05) is 13.3 Å². The molecule has 0 unspecified atom stereocenters. The number of halogens is 1. The van der Waals surface area contributed by atoms with Gasteiger partial charge in [-0.3, -0.25) is 4.52 Å². The Bertz CT molecular complexity index is 978. The summed E-state index contributed by atoms with van der Waals surface area (Å²) in [7, 11) is -3.51. The number of amidine groups is 1. The van der Waals surface area contributed by atoms with Gasteiger partial charge < -0.3 is 44.2 Å². The van der Waals surface area contributed by atoms with Crippen LogP contribution in [0.3, 0.4) is 0 Å². The number of aliphatic hydroxyl groups is 1. The van der Waals surface area contributed by atoms with E-state index in [0.717, 1.165) is 0 Å². The fourth-order valence-corrected chi connectivity index (χ4v) is 4.27. The standard InChI is InChI=1S/C22H35FN3O13P/c1-13(2)37-20(28)32-11-35-40(30,36-12-33-21(29)38-14(3)4)34-10-22(9-31-6)18(27)17(23)19(39-22)26-8-7-16(24)25-15(26)5/h7-8,13-14,17-19,27H,5,9-12H2,1-4,6H3,(H2,24,25)/t17-,18+,19-,22-/m1/s1. The first kappa shape index (κ1) is 33.4. The zero-order chi connectivity index (χ0) is 30.1. The number of phosphoric ester groups is 1. The van der Waals surface area contributed by atoms with Gasteiger partial charge in [-0.05, 0) is 33.8 Å². The van der Waals surface area contributed by atoms with Crippen LogP contribution < -0.4 is 5.73 Å². The molecule has 0 bridgehead atoms. The van der Waals surface area contributed by atoms with Crippen LogP contribution in [0.2, 0.25) is 0 Å². The lowest BCUT2D eigenvalue weighted by molar-refractivity contribution is -0.160. The highest BCUT2D eigenvalue weighted by Crippen LogP contribution is 2.51. The average Bonchev–Trinajstić information content (AvgIpc) is 3.08. The molecule has 40 heavy (non-hydrogen) atoms. The normalized spacial score (nSPS) is 24.8. The van der Waals surface area contributed by atoms with Gasteiger partial charge >= 0.3 is 20.1 Å². The number of carbonyl (C=O) groups is 2. The van der Waals surface area contributed by atoms with Crippen molar-refractivity contribution >= 4 is 26.0 Å². The highest BCUT2D eigenvalue weighted by Gasteiger charge is 2.58. The molecule has 0 aliphatic carbocycles. The average molecular weight is 600 g/mol. The van der Waals surface area contributed by atoms with Gasteiger partial charge in [-0.25, -0.2) is 32.6 Å². The number of nitrogens with two attached hydrogens (primary N) is 1. The van der Waals surface area contributed by atoms with Crippen molar-refractivity contribution < 1.29 is 65.6 Å².